The molecule has 2 N–H and O–H groups in total. The third-order valence-corrected chi connectivity index (χ3v) is 7.26. The molecule has 0 spiro atoms. The molecule has 1 unspecified atom stereocenters. The summed E-state index contributed by atoms with van der Waals surface area (Å²) in [4.78, 5) is 24.7. The zero-order valence-electron chi connectivity index (χ0n) is 17.8. The predicted molar refractivity (Wildman–Crippen MR) is 120 cm³/mol. The average Bonchev–Trinajstić information content (AvgIpc) is 2.97. The van der Waals surface area contributed by atoms with E-state index in [0.29, 0.717) is 5.56 Å². The molecule has 1 aliphatic rings. The van der Waals surface area contributed by atoms with Crippen molar-refractivity contribution in [3.05, 3.63) is 82.7 Å². The summed E-state index contributed by atoms with van der Waals surface area (Å²) in [5.41, 5.74) is 4.99. The Bertz CT molecular complexity index is 1210. The highest BCUT2D eigenvalue weighted by atomic mass is 32.2. The second kappa shape index (κ2) is 8.05. The highest BCUT2D eigenvalue weighted by Gasteiger charge is 2.50. The highest BCUT2D eigenvalue weighted by molar-refractivity contribution is 7.90. The van der Waals surface area contributed by atoms with E-state index in [4.69, 9.17) is 14.7 Å². The lowest BCUT2D eigenvalue weighted by Crippen LogP contribution is -2.40. The molecule has 1 atom stereocenters. The van der Waals surface area contributed by atoms with Crippen LogP contribution in [0.4, 0.5) is 4.39 Å². The maximum atomic E-state index is 13.2. The number of hydrogen-bond acceptors (Lipinski definition) is 8. The number of methoxy groups -OCH3 is 1. The fraction of sp³-hybridized carbons (Fsp3) is 0.158. The first-order valence-electron chi connectivity index (χ1n) is 9.46. The molecule has 0 aliphatic carbocycles. The molecule has 1 heterocycles. The lowest BCUT2D eigenvalue weighted by Gasteiger charge is -2.26. The smallest absolute Gasteiger partial charge is 0.337 e. The molecule has 2 aromatic carbocycles. The van der Waals surface area contributed by atoms with Gasteiger partial charge in [0.2, 0.25) is 17.4 Å². The molecule has 0 saturated carbocycles. The normalized spacial score (nSPS) is 18.9. The predicted octanol–water partition coefficient (Wildman–Crippen LogP) is -1.45. The summed E-state index contributed by atoms with van der Waals surface area (Å²) in [5, 5.41) is 0. The molecule has 2 aromatic rings. The van der Waals surface area contributed by atoms with Gasteiger partial charge in [0.05, 0.1) is 17.2 Å². The van der Waals surface area contributed by atoms with Crippen molar-refractivity contribution in [2.75, 3.05) is 7.11 Å². The van der Waals surface area contributed by atoms with Crippen LogP contribution in [0.15, 0.2) is 60.2 Å². The maximum Gasteiger partial charge on any atom is 0.337 e. The number of nitrogens with two attached hydrogens (primary N) is 1. The molecule has 0 aromatic heterocycles. The lowest BCUT2D eigenvalue weighted by molar-refractivity contribution is -0.126. The summed E-state index contributed by atoms with van der Waals surface area (Å²) in [6, 6.07) is 10.7. The standard InChI is InChI=1S/C19H19B3FNO7S/c1-29-17(26)10-2-4-11(5-3-10)18(20)15(25)14(16(24)30-18)31-32(27,28)19(21,22)12-6-8-13(23)9-7-12/h2-9H,20-22,24H2,1H3. The number of ketones is 1. The number of rotatable bonds is 6. The van der Waals surface area contributed by atoms with Crippen molar-refractivity contribution in [3.8, 4) is 0 Å². The molecule has 13 heteroatoms. The zero-order chi connectivity index (χ0) is 23.9. The van der Waals surface area contributed by atoms with Crippen molar-refractivity contribution >= 4 is 45.4 Å². The van der Waals surface area contributed by atoms with Crippen molar-refractivity contribution in [1.29, 1.82) is 0 Å². The van der Waals surface area contributed by atoms with Gasteiger partial charge >= 0.3 is 16.1 Å². The molecule has 164 valence electrons. The minimum atomic E-state index is -4.45. The molecule has 1 aliphatic heterocycles. The molecule has 0 amide bonds. The number of Topliss-reactive ketones (excluding diaryl/α,β-unsaturated/α-hetero) is 1. The number of benzene rings is 2. The van der Waals surface area contributed by atoms with Crippen LogP contribution in [-0.2, 0) is 38.6 Å². The SMILES string of the molecule is BC1(c2ccc(C(=O)OC)cc2)OC(N)=C(OS(=O)(=O)C(B)(B)c2ccc(F)cc2)C1=O. The van der Waals surface area contributed by atoms with Gasteiger partial charge in [-0.1, -0.05) is 24.3 Å². The third-order valence-electron chi connectivity index (χ3n) is 5.39. The third kappa shape index (κ3) is 3.88. The van der Waals surface area contributed by atoms with Crippen LogP contribution >= 0.6 is 0 Å². The Balaban J connectivity index is 1.89. The molecule has 3 rings (SSSR count). The second-order valence-electron chi connectivity index (χ2n) is 7.78. The van der Waals surface area contributed by atoms with E-state index in [2.05, 4.69) is 4.74 Å². The maximum absolute atomic E-state index is 13.2. The van der Waals surface area contributed by atoms with Gasteiger partial charge in [0.1, 0.15) is 21.5 Å². The van der Waals surface area contributed by atoms with Crippen LogP contribution in [0, 0.1) is 5.82 Å². The number of hydrogen-bond donors (Lipinski definition) is 1. The fourth-order valence-electron chi connectivity index (χ4n) is 3.16. The van der Waals surface area contributed by atoms with E-state index in [0.717, 1.165) is 12.1 Å². The van der Waals surface area contributed by atoms with Crippen LogP contribution in [0.25, 0.3) is 0 Å². The topological polar surface area (TPSA) is 122 Å². The summed E-state index contributed by atoms with van der Waals surface area (Å²) in [6.45, 7) is 0. The number of esters is 1. The Kier molecular flexibility index (Phi) is 5.90. The molecule has 0 fully saturated rings. The number of carbonyl (C=O) groups excluding carboxylic acids is 2. The minimum absolute atomic E-state index is 0.255. The van der Waals surface area contributed by atoms with E-state index >= 15 is 0 Å². The molecular weight excluding hydrogens is 438 g/mol. The average molecular weight is 457 g/mol. The first-order valence-corrected chi connectivity index (χ1v) is 10.9. The number of ether oxygens (including phenoxy) is 2. The van der Waals surface area contributed by atoms with E-state index in [1.165, 1.54) is 67.0 Å². The van der Waals surface area contributed by atoms with E-state index in [9.17, 15) is 22.4 Å². The molecular formula is C19H19B3FNO7S. The van der Waals surface area contributed by atoms with Gasteiger partial charge in [-0.25, -0.2) is 9.18 Å². The summed E-state index contributed by atoms with van der Waals surface area (Å²) in [6.07, 6.45) is 0. The monoisotopic (exact) mass is 457 g/mol. The molecule has 32 heavy (non-hydrogen) atoms. The Morgan fingerprint density at radius 1 is 1.12 bits per heavy atom. The highest BCUT2D eigenvalue weighted by Crippen LogP contribution is 2.38. The molecule has 8 nitrogen and oxygen atoms in total. The van der Waals surface area contributed by atoms with Crippen LogP contribution in [0.2, 0.25) is 0 Å². The Hall–Kier alpha value is -3.21. The Morgan fingerprint density at radius 2 is 1.69 bits per heavy atom. The van der Waals surface area contributed by atoms with Gasteiger partial charge in [-0.05, 0) is 35.4 Å². The van der Waals surface area contributed by atoms with Gasteiger partial charge < -0.3 is 19.4 Å². The fourth-order valence-corrected chi connectivity index (χ4v) is 4.17. The first kappa shape index (κ1) is 23.5. The summed E-state index contributed by atoms with van der Waals surface area (Å²) in [5.74, 6) is -3.04. The first-order chi connectivity index (χ1) is 14.8. The van der Waals surface area contributed by atoms with Crippen molar-refractivity contribution < 1.29 is 36.1 Å². The number of carbonyl (C=O) groups is 2. The van der Waals surface area contributed by atoms with Crippen LogP contribution in [-0.4, -0.2) is 50.8 Å². The van der Waals surface area contributed by atoms with Crippen molar-refractivity contribution in [2.24, 2.45) is 5.73 Å². The van der Waals surface area contributed by atoms with Crippen LogP contribution in [0.1, 0.15) is 21.5 Å². The summed E-state index contributed by atoms with van der Waals surface area (Å²) in [7, 11) is 0.911. The van der Waals surface area contributed by atoms with E-state index in [1.54, 1.807) is 0 Å². The second-order valence-corrected chi connectivity index (χ2v) is 9.88. The van der Waals surface area contributed by atoms with Crippen molar-refractivity contribution in [3.63, 3.8) is 0 Å². The molecule has 0 saturated heterocycles. The van der Waals surface area contributed by atoms with E-state index in [1.807, 2.05) is 0 Å². The molecule has 0 radical (unpaired) electrons. The van der Waals surface area contributed by atoms with Gasteiger partial charge in [-0.2, -0.15) is 8.42 Å². The van der Waals surface area contributed by atoms with Crippen molar-refractivity contribution in [1.82, 2.24) is 0 Å². The van der Waals surface area contributed by atoms with Gasteiger partial charge in [-0.15, -0.1) is 0 Å². The van der Waals surface area contributed by atoms with Crippen molar-refractivity contribution in [2.45, 2.75) is 10.0 Å². The summed E-state index contributed by atoms with van der Waals surface area (Å²) >= 11 is 0. The quantitative estimate of drug-likeness (QED) is 0.318. The lowest BCUT2D eigenvalue weighted by atomic mass is 9.65. The van der Waals surface area contributed by atoms with Gasteiger partial charge in [-0.3, -0.25) is 4.79 Å². The van der Waals surface area contributed by atoms with Gasteiger partial charge in [0, 0.05) is 0 Å². The van der Waals surface area contributed by atoms with Crippen LogP contribution in [0.5, 0.6) is 0 Å². The number of halogens is 1. The van der Waals surface area contributed by atoms with E-state index in [-0.39, 0.29) is 11.1 Å². The van der Waals surface area contributed by atoms with Crippen LogP contribution < -0.4 is 5.73 Å². The molecule has 0 bridgehead atoms. The Morgan fingerprint density at radius 3 is 2.22 bits per heavy atom. The minimum Gasteiger partial charge on any atom is -0.467 e. The Labute approximate surface area is 187 Å². The van der Waals surface area contributed by atoms with Crippen LogP contribution in [0.3, 0.4) is 0 Å². The largest absolute Gasteiger partial charge is 0.467 e. The van der Waals surface area contributed by atoms with Gasteiger partial charge in [0.15, 0.2) is 13.3 Å². The zero-order valence-corrected chi connectivity index (χ0v) is 18.7. The van der Waals surface area contributed by atoms with Gasteiger partial charge in [0.25, 0.3) is 0 Å². The van der Waals surface area contributed by atoms with E-state index < -0.39 is 49.4 Å². The summed E-state index contributed by atoms with van der Waals surface area (Å²) < 4.78 is 53.0.